The van der Waals surface area contributed by atoms with Crippen molar-refractivity contribution in [3.05, 3.63) is 51.4 Å². The lowest BCUT2D eigenvalue weighted by molar-refractivity contribution is 0.0931. The van der Waals surface area contributed by atoms with Gasteiger partial charge in [0.1, 0.15) is 5.69 Å². The molecule has 0 fully saturated rings. The zero-order valence-corrected chi connectivity index (χ0v) is 11.5. The summed E-state index contributed by atoms with van der Waals surface area (Å²) >= 11 is 7.48. The fourth-order valence-corrected chi connectivity index (χ4v) is 2.65. The van der Waals surface area contributed by atoms with Crippen LogP contribution >= 0.6 is 22.9 Å². The van der Waals surface area contributed by atoms with Crippen molar-refractivity contribution < 1.29 is 4.79 Å². The maximum absolute atomic E-state index is 12.0. The highest BCUT2D eigenvalue weighted by Crippen LogP contribution is 2.22. The van der Waals surface area contributed by atoms with Crippen molar-refractivity contribution in [3.8, 4) is 0 Å². The Kier molecular flexibility index (Phi) is 4.33. The summed E-state index contributed by atoms with van der Waals surface area (Å²) in [4.78, 5) is 17.2. The van der Waals surface area contributed by atoms with Gasteiger partial charge in [0.05, 0.1) is 6.04 Å². The van der Waals surface area contributed by atoms with Gasteiger partial charge in [0.2, 0.25) is 0 Å². The number of halogens is 1. The maximum atomic E-state index is 12.0. The molecule has 94 valence electrons. The van der Waals surface area contributed by atoms with Crippen molar-refractivity contribution in [3.63, 3.8) is 0 Å². The minimum absolute atomic E-state index is 0.0262. The van der Waals surface area contributed by atoms with Crippen LogP contribution in [0.3, 0.4) is 0 Å². The zero-order chi connectivity index (χ0) is 13.0. The minimum atomic E-state index is -0.197. The van der Waals surface area contributed by atoms with Crippen LogP contribution in [0.1, 0.15) is 34.8 Å². The lowest BCUT2D eigenvalue weighted by atomic mass is 10.2. The topological polar surface area (TPSA) is 42.0 Å². The van der Waals surface area contributed by atoms with Gasteiger partial charge in [-0.15, -0.1) is 11.3 Å². The van der Waals surface area contributed by atoms with Gasteiger partial charge in [-0.05, 0) is 30.0 Å². The van der Waals surface area contributed by atoms with Gasteiger partial charge in [0.15, 0.2) is 0 Å². The normalized spacial score (nSPS) is 12.1. The molecule has 0 saturated carbocycles. The smallest absolute Gasteiger partial charge is 0.270 e. The SMILES string of the molecule is CCC(NC(=O)c1cc(Cl)ccn1)c1cccs1. The van der Waals surface area contributed by atoms with Crippen LogP contribution in [-0.2, 0) is 0 Å². The predicted octanol–water partition coefficient (Wildman–Crippen LogP) is 3.68. The van der Waals surface area contributed by atoms with E-state index in [1.807, 2.05) is 24.4 Å². The summed E-state index contributed by atoms with van der Waals surface area (Å²) in [6, 6.07) is 7.24. The first-order valence-corrected chi connectivity index (χ1v) is 6.92. The molecule has 3 nitrogen and oxygen atoms in total. The lowest BCUT2D eigenvalue weighted by Crippen LogP contribution is -2.28. The molecule has 0 aliphatic carbocycles. The largest absolute Gasteiger partial charge is 0.343 e. The number of hydrogen-bond acceptors (Lipinski definition) is 3. The molecule has 1 unspecified atom stereocenters. The number of rotatable bonds is 4. The van der Waals surface area contributed by atoms with E-state index in [1.54, 1.807) is 23.5 Å². The summed E-state index contributed by atoms with van der Waals surface area (Å²) < 4.78 is 0. The third-order valence-electron chi connectivity index (χ3n) is 2.55. The highest BCUT2D eigenvalue weighted by molar-refractivity contribution is 7.10. The van der Waals surface area contributed by atoms with Gasteiger partial charge in [-0.2, -0.15) is 0 Å². The Morgan fingerprint density at radius 1 is 1.56 bits per heavy atom. The van der Waals surface area contributed by atoms with E-state index in [-0.39, 0.29) is 11.9 Å². The number of pyridine rings is 1. The van der Waals surface area contributed by atoms with Gasteiger partial charge in [0.25, 0.3) is 5.91 Å². The summed E-state index contributed by atoms with van der Waals surface area (Å²) in [5, 5.41) is 5.48. The van der Waals surface area contributed by atoms with E-state index in [1.165, 1.54) is 6.20 Å². The van der Waals surface area contributed by atoms with Gasteiger partial charge < -0.3 is 5.32 Å². The van der Waals surface area contributed by atoms with E-state index in [4.69, 9.17) is 11.6 Å². The van der Waals surface area contributed by atoms with Crippen LogP contribution in [0, 0.1) is 0 Å². The average Bonchev–Trinajstić information content (AvgIpc) is 2.89. The Morgan fingerprint density at radius 3 is 3.00 bits per heavy atom. The molecule has 0 aliphatic rings. The first-order valence-electron chi connectivity index (χ1n) is 5.66. The first-order chi connectivity index (χ1) is 8.70. The summed E-state index contributed by atoms with van der Waals surface area (Å²) in [6.45, 7) is 2.04. The molecule has 2 aromatic heterocycles. The van der Waals surface area contributed by atoms with E-state index in [0.29, 0.717) is 10.7 Å². The van der Waals surface area contributed by atoms with E-state index >= 15 is 0 Å². The van der Waals surface area contributed by atoms with Crippen molar-refractivity contribution in [1.82, 2.24) is 10.3 Å². The average molecular weight is 281 g/mol. The minimum Gasteiger partial charge on any atom is -0.343 e. The highest BCUT2D eigenvalue weighted by atomic mass is 35.5. The quantitative estimate of drug-likeness (QED) is 0.928. The van der Waals surface area contributed by atoms with Crippen molar-refractivity contribution in [2.45, 2.75) is 19.4 Å². The van der Waals surface area contributed by atoms with Crippen LogP contribution in [-0.4, -0.2) is 10.9 Å². The van der Waals surface area contributed by atoms with Gasteiger partial charge in [-0.1, -0.05) is 24.6 Å². The van der Waals surface area contributed by atoms with Crippen LogP contribution in [0.2, 0.25) is 5.02 Å². The monoisotopic (exact) mass is 280 g/mol. The van der Waals surface area contributed by atoms with E-state index in [0.717, 1.165) is 11.3 Å². The van der Waals surface area contributed by atoms with E-state index < -0.39 is 0 Å². The molecule has 18 heavy (non-hydrogen) atoms. The highest BCUT2D eigenvalue weighted by Gasteiger charge is 2.15. The molecule has 1 atom stereocenters. The molecule has 2 heterocycles. The van der Waals surface area contributed by atoms with Crippen molar-refractivity contribution >= 4 is 28.8 Å². The van der Waals surface area contributed by atoms with Crippen molar-refractivity contribution in [2.75, 3.05) is 0 Å². The molecule has 0 aromatic carbocycles. The number of hydrogen-bond donors (Lipinski definition) is 1. The second-order valence-corrected chi connectivity index (χ2v) is 5.22. The maximum Gasteiger partial charge on any atom is 0.270 e. The van der Waals surface area contributed by atoms with Gasteiger partial charge in [0, 0.05) is 16.1 Å². The van der Waals surface area contributed by atoms with E-state index in [2.05, 4.69) is 10.3 Å². The van der Waals surface area contributed by atoms with Crippen LogP contribution in [0.4, 0.5) is 0 Å². The summed E-state index contributed by atoms with van der Waals surface area (Å²) in [5.74, 6) is -0.197. The van der Waals surface area contributed by atoms with Crippen LogP contribution in [0.15, 0.2) is 35.8 Å². The molecule has 2 rings (SSSR count). The Hall–Kier alpha value is -1.39. The molecule has 0 aliphatic heterocycles. The van der Waals surface area contributed by atoms with Gasteiger partial charge >= 0.3 is 0 Å². The number of amides is 1. The van der Waals surface area contributed by atoms with Crippen molar-refractivity contribution in [1.29, 1.82) is 0 Å². The van der Waals surface area contributed by atoms with Gasteiger partial charge in [-0.3, -0.25) is 9.78 Å². The molecule has 1 N–H and O–H groups in total. The molecule has 5 heteroatoms. The number of nitrogens with zero attached hydrogens (tertiary/aromatic N) is 1. The lowest BCUT2D eigenvalue weighted by Gasteiger charge is -2.15. The van der Waals surface area contributed by atoms with Gasteiger partial charge in [-0.25, -0.2) is 0 Å². The predicted molar refractivity (Wildman–Crippen MR) is 74.1 cm³/mol. The number of aromatic nitrogens is 1. The first kappa shape index (κ1) is 13.1. The Labute approximate surface area is 115 Å². The standard InChI is InChI=1S/C13H13ClN2OS/c1-2-10(12-4-3-7-18-12)16-13(17)11-8-9(14)5-6-15-11/h3-8,10H,2H2,1H3,(H,16,17). The summed E-state index contributed by atoms with van der Waals surface area (Å²) in [5.41, 5.74) is 0.345. The number of carbonyl (C=O) groups is 1. The fourth-order valence-electron chi connectivity index (χ4n) is 1.63. The third-order valence-corrected chi connectivity index (χ3v) is 3.78. The zero-order valence-electron chi connectivity index (χ0n) is 9.89. The Bertz CT molecular complexity index is 528. The molecule has 0 saturated heterocycles. The molecule has 0 spiro atoms. The number of thiophene rings is 1. The molecule has 2 aromatic rings. The molecular weight excluding hydrogens is 268 g/mol. The Morgan fingerprint density at radius 2 is 2.39 bits per heavy atom. The fraction of sp³-hybridized carbons (Fsp3) is 0.231. The molecule has 1 amide bonds. The van der Waals surface area contributed by atoms with Crippen LogP contribution < -0.4 is 5.32 Å². The molecule has 0 radical (unpaired) electrons. The Balaban J connectivity index is 2.11. The second-order valence-electron chi connectivity index (χ2n) is 3.81. The number of nitrogens with one attached hydrogen (secondary N) is 1. The van der Waals surface area contributed by atoms with Crippen LogP contribution in [0.5, 0.6) is 0 Å². The molecular formula is C13H13ClN2OS. The second kappa shape index (κ2) is 5.98. The summed E-state index contributed by atoms with van der Waals surface area (Å²) in [7, 11) is 0. The summed E-state index contributed by atoms with van der Waals surface area (Å²) in [6.07, 6.45) is 2.37. The molecule has 0 bridgehead atoms. The van der Waals surface area contributed by atoms with E-state index in [9.17, 15) is 4.79 Å². The van der Waals surface area contributed by atoms with Crippen LogP contribution in [0.25, 0.3) is 0 Å². The number of carbonyl (C=O) groups excluding carboxylic acids is 1. The third kappa shape index (κ3) is 3.09. The van der Waals surface area contributed by atoms with Crippen molar-refractivity contribution in [2.24, 2.45) is 0 Å².